The third-order valence-electron chi connectivity index (χ3n) is 4.07. The molecule has 0 saturated carbocycles. The predicted molar refractivity (Wildman–Crippen MR) is 65.2 cm³/mol. The smallest absolute Gasteiger partial charge is 0.329 e. The van der Waals surface area contributed by atoms with Crippen molar-refractivity contribution in [3.05, 3.63) is 0 Å². The van der Waals surface area contributed by atoms with E-state index in [-0.39, 0.29) is 5.91 Å². The Labute approximate surface area is 107 Å². The van der Waals surface area contributed by atoms with Crippen LogP contribution in [-0.2, 0) is 14.3 Å². The first kappa shape index (κ1) is 13.3. The molecule has 2 rings (SSSR count). The lowest BCUT2D eigenvalue weighted by Gasteiger charge is -2.43. The molecule has 2 heterocycles. The van der Waals surface area contributed by atoms with Crippen molar-refractivity contribution in [1.29, 1.82) is 0 Å². The minimum Gasteiger partial charge on any atom is -0.480 e. The lowest BCUT2D eigenvalue weighted by atomic mass is 9.87. The van der Waals surface area contributed by atoms with Crippen LogP contribution < -0.4 is 0 Å². The van der Waals surface area contributed by atoms with Crippen LogP contribution in [0.1, 0.15) is 45.4 Å². The van der Waals surface area contributed by atoms with Crippen LogP contribution in [0.4, 0.5) is 0 Å². The number of amides is 1. The largest absolute Gasteiger partial charge is 0.480 e. The Morgan fingerprint density at radius 3 is 2.67 bits per heavy atom. The SMILES string of the molecule is CC1(C(=O)O)CCCCN1C(=O)C1CCCCO1. The summed E-state index contributed by atoms with van der Waals surface area (Å²) in [5.41, 5.74) is -1.06. The monoisotopic (exact) mass is 255 g/mol. The van der Waals surface area contributed by atoms with E-state index >= 15 is 0 Å². The molecule has 5 heteroatoms. The molecule has 2 unspecified atom stereocenters. The zero-order valence-corrected chi connectivity index (χ0v) is 10.9. The highest BCUT2D eigenvalue weighted by molar-refractivity contribution is 5.89. The first-order valence-corrected chi connectivity index (χ1v) is 6.72. The van der Waals surface area contributed by atoms with Crippen LogP contribution in [0.5, 0.6) is 0 Å². The van der Waals surface area contributed by atoms with Crippen molar-refractivity contribution in [3.63, 3.8) is 0 Å². The highest BCUT2D eigenvalue weighted by atomic mass is 16.5. The number of nitrogens with zero attached hydrogens (tertiary/aromatic N) is 1. The van der Waals surface area contributed by atoms with E-state index in [1.807, 2.05) is 0 Å². The average Bonchev–Trinajstić information content (AvgIpc) is 2.39. The fourth-order valence-corrected chi connectivity index (χ4v) is 2.81. The minimum atomic E-state index is -1.06. The summed E-state index contributed by atoms with van der Waals surface area (Å²) in [4.78, 5) is 25.4. The minimum absolute atomic E-state index is 0.140. The summed E-state index contributed by atoms with van der Waals surface area (Å²) in [6.45, 7) is 2.78. The van der Waals surface area contributed by atoms with E-state index in [0.717, 1.165) is 25.7 Å². The molecule has 0 aromatic heterocycles. The van der Waals surface area contributed by atoms with Gasteiger partial charge in [0.25, 0.3) is 5.91 Å². The van der Waals surface area contributed by atoms with Crippen LogP contribution >= 0.6 is 0 Å². The Morgan fingerprint density at radius 1 is 1.28 bits per heavy atom. The van der Waals surface area contributed by atoms with Gasteiger partial charge in [-0.25, -0.2) is 4.79 Å². The highest BCUT2D eigenvalue weighted by Crippen LogP contribution is 2.30. The first-order valence-electron chi connectivity index (χ1n) is 6.72. The molecule has 0 aromatic carbocycles. The van der Waals surface area contributed by atoms with Gasteiger partial charge in [0.1, 0.15) is 11.6 Å². The molecule has 0 aliphatic carbocycles. The van der Waals surface area contributed by atoms with Crippen molar-refractivity contribution in [2.45, 2.75) is 57.1 Å². The Bertz CT molecular complexity index is 338. The van der Waals surface area contributed by atoms with Gasteiger partial charge in [-0.3, -0.25) is 4.79 Å². The molecule has 18 heavy (non-hydrogen) atoms. The number of piperidine rings is 1. The molecule has 2 saturated heterocycles. The van der Waals surface area contributed by atoms with E-state index < -0.39 is 17.6 Å². The standard InChI is InChI=1S/C13H21NO4/c1-13(12(16)17)7-3-4-8-14(13)11(15)10-6-2-5-9-18-10/h10H,2-9H2,1H3,(H,16,17). The third kappa shape index (κ3) is 2.36. The summed E-state index contributed by atoms with van der Waals surface area (Å²) in [5.74, 6) is -1.05. The molecule has 102 valence electrons. The van der Waals surface area contributed by atoms with Crippen LogP contribution in [-0.4, -0.2) is 46.7 Å². The lowest BCUT2D eigenvalue weighted by Crippen LogP contribution is -2.60. The molecule has 2 aliphatic rings. The number of carboxylic acids is 1. The summed E-state index contributed by atoms with van der Waals surface area (Å²) < 4.78 is 5.48. The topological polar surface area (TPSA) is 66.8 Å². The van der Waals surface area contributed by atoms with Crippen molar-refractivity contribution in [3.8, 4) is 0 Å². The highest BCUT2D eigenvalue weighted by Gasteiger charge is 2.45. The van der Waals surface area contributed by atoms with Gasteiger partial charge < -0.3 is 14.7 Å². The molecule has 5 nitrogen and oxygen atoms in total. The number of aliphatic carboxylic acids is 1. The van der Waals surface area contributed by atoms with Crippen molar-refractivity contribution in [2.75, 3.05) is 13.2 Å². The lowest BCUT2D eigenvalue weighted by molar-refractivity contribution is -0.168. The number of carbonyl (C=O) groups is 2. The predicted octanol–water partition coefficient (Wildman–Crippen LogP) is 1.41. The summed E-state index contributed by atoms with van der Waals surface area (Å²) in [7, 11) is 0. The Kier molecular flexibility index (Phi) is 3.90. The van der Waals surface area contributed by atoms with Gasteiger partial charge in [-0.05, 0) is 45.4 Å². The molecule has 0 bridgehead atoms. The molecular weight excluding hydrogens is 234 g/mol. The second-order valence-electron chi connectivity index (χ2n) is 5.38. The Balaban J connectivity index is 2.13. The summed E-state index contributed by atoms with van der Waals surface area (Å²) in [6.07, 6.45) is 4.51. The fraction of sp³-hybridized carbons (Fsp3) is 0.846. The van der Waals surface area contributed by atoms with Gasteiger partial charge in [0, 0.05) is 13.2 Å². The van der Waals surface area contributed by atoms with Crippen molar-refractivity contribution in [1.82, 2.24) is 4.90 Å². The molecule has 0 radical (unpaired) electrons. The molecule has 1 amide bonds. The molecule has 2 fully saturated rings. The molecule has 0 spiro atoms. The van der Waals surface area contributed by atoms with Crippen LogP contribution in [0, 0.1) is 0 Å². The van der Waals surface area contributed by atoms with E-state index in [0.29, 0.717) is 26.0 Å². The van der Waals surface area contributed by atoms with Gasteiger partial charge in [-0.1, -0.05) is 0 Å². The number of rotatable bonds is 2. The Hall–Kier alpha value is -1.10. The molecule has 2 atom stereocenters. The zero-order valence-electron chi connectivity index (χ0n) is 10.9. The van der Waals surface area contributed by atoms with Crippen LogP contribution in [0.15, 0.2) is 0 Å². The second-order valence-corrected chi connectivity index (χ2v) is 5.38. The average molecular weight is 255 g/mol. The van der Waals surface area contributed by atoms with E-state index in [4.69, 9.17) is 4.74 Å². The van der Waals surface area contributed by atoms with Gasteiger partial charge in [0.15, 0.2) is 0 Å². The summed E-state index contributed by atoms with van der Waals surface area (Å²) in [6, 6.07) is 0. The summed E-state index contributed by atoms with van der Waals surface area (Å²) in [5, 5.41) is 9.38. The molecule has 1 N–H and O–H groups in total. The number of hydrogen-bond donors (Lipinski definition) is 1. The van der Waals surface area contributed by atoms with Gasteiger partial charge in [-0.15, -0.1) is 0 Å². The Morgan fingerprint density at radius 2 is 2.06 bits per heavy atom. The molecule has 0 aromatic rings. The molecule has 2 aliphatic heterocycles. The van der Waals surface area contributed by atoms with Crippen molar-refractivity contribution in [2.24, 2.45) is 0 Å². The summed E-state index contributed by atoms with van der Waals surface area (Å²) >= 11 is 0. The maximum absolute atomic E-state index is 12.4. The number of carboxylic acid groups (broad SMARTS) is 1. The number of ether oxygens (including phenoxy) is 1. The first-order chi connectivity index (χ1) is 8.55. The van der Waals surface area contributed by atoms with Gasteiger partial charge in [0.05, 0.1) is 0 Å². The maximum atomic E-state index is 12.4. The van der Waals surface area contributed by atoms with Gasteiger partial charge in [-0.2, -0.15) is 0 Å². The number of carbonyl (C=O) groups excluding carboxylic acids is 1. The van der Waals surface area contributed by atoms with Crippen LogP contribution in [0.3, 0.4) is 0 Å². The zero-order chi connectivity index (χ0) is 13.2. The van der Waals surface area contributed by atoms with Crippen molar-refractivity contribution >= 4 is 11.9 Å². The van der Waals surface area contributed by atoms with E-state index in [1.165, 1.54) is 4.90 Å². The second kappa shape index (κ2) is 5.26. The van der Waals surface area contributed by atoms with Gasteiger partial charge >= 0.3 is 5.97 Å². The number of likely N-dealkylation sites (tertiary alicyclic amines) is 1. The van der Waals surface area contributed by atoms with E-state index in [2.05, 4.69) is 0 Å². The maximum Gasteiger partial charge on any atom is 0.329 e. The van der Waals surface area contributed by atoms with Gasteiger partial charge in [0.2, 0.25) is 0 Å². The number of hydrogen-bond acceptors (Lipinski definition) is 3. The van der Waals surface area contributed by atoms with E-state index in [9.17, 15) is 14.7 Å². The normalized spacial score (nSPS) is 33.2. The third-order valence-corrected chi connectivity index (χ3v) is 4.07. The van der Waals surface area contributed by atoms with Crippen molar-refractivity contribution < 1.29 is 19.4 Å². The van der Waals surface area contributed by atoms with Crippen LogP contribution in [0.25, 0.3) is 0 Å². The fourth-order valence-electron chi connectivity index (χ4n) is 2.81. The van der Waals surface area contributed by atoms with E-state index in [1.54, 1.807) is 6.92 Å². The molecular formula is C13H21NO4. The van der Waals surface area contributed by atoms with Crippen LogP contribution in [0.2, 0.25) is 0 Å². The quantitative estimate of drug-likeness (QED) is 0.810.